The Kier molecular flexibility index (Phi) is 3.08. The number of aromatic nitrogens is 2. The smallest absolute Gasteiger partial charge is 0.124 e. The maximum Gasteiger partial charge on any atom is 0.124 e. The standard InChI is InChI=1S/C14H13FN2OS/c1-17-5-4-16-14(17)8-11(18)13-6-9-2-3-10(15)7-12(9)19-13/h2-7,11,18H,8H2,1H3. The summed E-state index contributed by atoms with van der Waals surface area (Å²) >= 11 is 1.42. The minimum atomic E-state index is -0.610. The maximum absolute atomic E-state index is 13.1. The Balaban J connectivity index is 1.89. The third-order valence-electron chi connectivity index (χ3n) is 3.13. The van der Waals surface area contributed by atoms with E-state index >= 15 is 0 Å². The zero-order chi connectivity index (χ0) is 13.4. The molecule has 2 heterocycles. The minimum absolute atomic E-state index is 0.250. The molecule has 5 heteroatoms. The highest BCUT2D eigenvalue weighted by atomic mass is 32.1. The lowest BCUT2D eigenvalue weighted by Gasteiger charge is -2.07. The molecule has 1 unspecified atom stereocenters. The molecule has 0 aliphatic heterocycles. The van der Waals surface area contributed by atoms with Gasteiger partial charge < -0.3 is 9.67 Å². The normalized spacial score (nSPS) is 13.0. The van der Waals surface area contributed by atoms with Crippen LogP contribution < -0.4 is 0 Å². The van der Waals surface area contributed by atoms with Crippen molar-refractivity contribution in [3.8, 4) is 0 Å². The van der Waals surface area contributed by atoms with Gasteiger partial charge in [0.25, 0.3) is 0 Å². The molecule has 0 aliphatic rings. The van der Waals surface area contributed by atoms with Gasteiger partial charge in [0.05, 0.1) is 6.10 Å². The van der Waals surface area contributed by atoms with Gasteiger partial charge in [0.1, 0.15) is 11.6 Å². The number of aliphatic hydroxyl groups excluding tert-OH is 1. The molecule has 0 saturated carbocycles. The first kappa shape index (κ1) is 12.3. The summed E-state index contributed by atoms with van der Waals surface area (Å²) in [6, 6.07) is 6.58. The number of aryl methyl sites for hydroxylation is 1. The summed E-state index contributed by atoms with van der Waals surface area (Å²) < 4.78 is 15.9. The lowest BCUT2D eigenvalue weighted by molar-refractivity contribution is 0.179. The second-order valence-electron chi connectivity index (χ2n) is 4.51. The predicted molar refractivity (Wildman–Crippen MR) is 73.7 cm³/mol. The highest BCUT2D eigenvalue weighted by molar-refractivity contribution is 7.19. The van der Waals surface area contributed by atoms with Crippen LogP contribution in [0, 0.1) is 5.82 Å². The fourth-order valence-electron chi connectivity index (χ4n) is 2.06. The van der Waals surface area contributed by atoms with Crippen LogP contribution in [0.2, 0.25) is 0 Å². The highest BCUT2D eigenvalue weighted by Crippen LogP contribution is 2.31. The van der Waals surface area contributed by atoms with Crippen LogP contribution in [0.15, 0.2) is 36.7 Å². The number of imidazole rings is 1. The third kappa shape index (κ3) is 2.39. The fourth-order valence-corrected chi connectivity index (χ4v) is 3.13. The van der Waals surface area contributed by atoms with Crippen molar-refractivity contribution in [1.82, 2.24) is 9.55 Å². The number of fused-ring (bicyclic) bond motifs is 1. The van der Waals surface area contributed by atoms with E-state index in [9.17, 15) is 9.50 Å². The summed E-state index contributed by atoms with van der Waals surface area (Å²) in [5, 5.41) is 11.2. The van der Waals surface area contributed by atoms with Crippen molar-refractivity contribution in [2.24, 2.45) is 7.05 Å². The van der Waals surface area contributed by atoms with Gasteiger partial charge in [0.15, 0.2) is 0 Å². The minimum Gasteiger partial charge on any atom is -0.387 e. The van der Waals surface area contributed by atoms with E-state index in [2.05, 4.69) is 4.98 Å². The van der Waals surface area contributed by atoms with Crippen LogP contribution in [0.4, 0.5) is 4.39 Å². The lowest BCUT2D eigenvalue weighted by atomic mass is 10.2. The SMILES string of the molecule is Cn1ccnc1CC(O)c1cc2ccc(F)cc2s1. The first-order chi connectivity index (χ1) is 9.13. The lowest BCUT2D eigenvalue weighted by Crippen LogP contribution is -2.05. The summed E-state index contributed by atoms with van der Waals surface area (Å²) in [4.78, 5) is 5.03. The summed E-state index contributed by atoms with van der Waals surface area (Å²) in [6.45, 7) is 0. The van der Waals surface area contributed by atoms with Gasteiger partial charge in [0, 0.05) is 35.4 Å². The van der Waals surface area contributed by atoms with Crippen molar-refractivity contribution in [2.75, 3.05) is 0 Å². The molecule has 1 aromatic carbocycles. The second kappa shape index (κ2) is 4.75. The van der Waals surface area contributed by atoms with Crippen molar-refractivity contribution in [1.29, 1.82) is 0 Å². The summed E-state index contributed by atoms with van der Waals surface area (Å²) in [5.74, 6) is 0.579. The van der Waals surface area contributed by atoms with E-state index in [1.54, 1.807) is 12.3 Å². The molecule has 2 aromatic heterocycles. The molecule has 0 amide bonds. The average Bonchev–Trinajstić information content (AvgIpc) is 2.96. The number of aliphatic hydroxyl groups is 1. The monoisotopic (exact) mass is 276 g/mol. The Labute approximate surface area is 114 Å². The van der Waals surface area contributed by atoms with E-state index < -0.39 is 6.10 Å². The molecule has 1 N–H and O–H groups in total. The molecule has 3 nitrogen and oxygen atoms in total. The van der Waals surface area contributed by atoms with E-state index in [0.717, 1.165) is 20.8 Å². The number of thiophene rings is 1. The van der Waals surface area contributed by atoms with Crippen molar-refractivity contribution in [3.63, 3.8) is 0 Å². The number of hydrogen-bond acceptors (Lipinski definition) is 3. The van der Waals surface area contributed by atoms with E-state index in [1.165, 1.54) is 23.5 Å². The van der Waals surface area contributed by atoms with Crippen LogP contribution in [-0.2, 0) is 13.5 Å². The number of nitrogens with zero attached hydrogens (tertiary/aromatic N) is 2. The fraction of sp³-hybridized carbons (Fsp3) is 0.214. The summed E-state index contributed by atoms with van der Waals surface area (Å²) in [5.41, 5.74) is 0. The zero-order valence-corrected chi connectivity index (χ0v) is 11.2. The Morgan fingerprint density at radius 1 is 1.42 bits per heavy atom. The van der Waals surface area contributed by atoms with Crippen molar-refractivity contribution >= 4 is 21.4 Å². The summed E-state index contributed by atoms with van der Waals surface area (Å²) in [7, 11) is 1.90. The van der Waals surface area contributed by atoms with Gasteiger partial charge in [-0.1, -0.05) is 6.07 Å². The van der Waals surface area contributed by atoms with E-state index in [-0.39, 0.29) is 5.82 Å². The zero-order valence-electron chi connectivity index (χ0n) is 10.4. The molecule has 0 fully saturated rings. The highest BCUT2D eigenvalue weighted by Gasteiger charge is 2.14. The largest absolute Gasteiger partial charge is 0.387 e. The van der Waals surface area contributed by atoms with Crippen LogP contribution >= 0.6 is 11.3 Å². The molecule has 0 saturated heterocycles. The Morgan fingerprint density at radius 2 is 2.26 bits per heavy atom. The van der Waals surface area contributed by atoms with Crippen LogP contribution in [-0.4, -0.2) is 14.7 Å². The first-order valence-electron chi connectivity index (χ1n) is 5.97. The van der Waals surface area contributed by atoms with Crippen molar-refractivity contribution < 1.29 is 9.50 Å². The van der Waals surface area contributed by atoms with Crippen molar-refractivity contribution in [3.05, 3.63) is 53.2 Å². The number of halogens is 1. The van der Waals surface area contributed by atoms with Gasteiger partial charge in [-0.15, -0.1) is 11.3 Å². The average molecular weight is 276 g/mol. The Hall–Kier alpha value is -1.72. The van der Waals surface area contributed by atoms with E-state index in [4.69, 9.17) is 0 Å². The quantitative estimate of drug-likeness (QED) is 0.798. The number of rotatable bonds is 3. The topological polar surface area (TPSA) is 38.0 Å². The number of hydrogen-bond donors (Lipinski definition) is 1. The molecule has 1 atom stereocenters. The maximum atomic E-state index is 13.1. The molecular formula is C14H13FN2OS. The number of benzene rings is 1. The van der Waals surface area contributed by atoms with E-state index in [0.29, 0.717) is 6.42 Å². The van der Waals surface area contributed by atoms with Crippen molar-refractivity contribution in [2.45, 2.75) is 12.5 Å². The van der Waals surface area contributed by atoms with Gasteiger partial charge in [-0.25, -0.2) is 9.37 Å². The molecule has 0 bridgehead atoms. The van der Waals surface area contributed by atoms with Gasteiger partial charge in [-0.3, -0.25) is 0 Å². The molecule has 0 radical (unpaired) electrons. The second-order valence-corrected chi connectivity index (χ2v) is 5.62. The Bertz CT molecular complexity index is 719. The van der Waals surface area contributed by atoms with Crippen LogP contribution in [0.3, 0.4) is 0 Å². The molecule has 0 spiro atoms. The first-order valence-corrected chi connectivity index (χ1v) is 6.78. The molecule has 0 aliphatic carbocycles. The third-order valence-corrected chi connectivity index (χ3v) is 4.33. The van der Waals surface area contributed by atoms with Gasteiger partial charge in [-0.2, -0.15) is 0 Å². The van der Waals surface area contributed by atoms with Gasteiger partial charge >= 0.3 is 0 Å². The summed E-state index contributed by atoms with van der Waals surface area (Å²) in [6.07, 6.45) is 3.41. The predicted octanol–water partition coefficient (Wildman–Crippen LogP) is 3.05. The molecular weight excluding hydrogens is 263 g/mol. The Morgan fingerprint density at radius 3 is 3.00 bits per heavy atom. The van der Waals surface area contributed by atoms with E-state index in [1.807, 2.05) is 23.9 Å². The van der Waals surface area contributed by atoms with Crippen LogP contribution in [0.5, 0.6) is 0 Å². The molecule has 3 rings (SSSR count). The molecule has 98 valence electrons. The molecule has 3 aromatic rings. The van der Waals surface area contributed by atoms with Crippen LogP contribution in [0.25, 0.3) is 10.1 Å². The van der Waals surface area contributed by atoms with Gasteiger partial charge in [-0.05, 0) is 23.6 Å². The van der Waals surface area contributed by atoms with Crippen LogP contribution in [0.1, 0.15) is 16.8 Å². The molecule has 19 heavy (non-hydrogen) atoms. The van der Waals surface area contributed by atoms with Gasteiger partial charge in [0.2, 0.25) is 0 Å².